The van der Waals surface area contributed by atoms with E-state index < -0.39 is 0 Å². The molecular weight excluding hydrogens is 323 g/mol. The second-order valence-corrected chi connectivity index (χ2v) is 6.41. The molecule has 0 N–H and O–H groups in total. The predicted octanol–water partition coefficient (Wildman–Crippen LogP) is 2.39. The Kier molecular flexibility index (Phi) is 5.43. The average Bonchev–Trinajstić information content (AvgIpc) is 3.25. The highest BCUT2D eigenvalue weighted by Crippen LogP contribution is 2.22. The first-order valence-electron chi connectivity index (χ1n) is 8.61. The van der Waals surface area contributed by atoms with Crippen LogP contribution in [0.25, 0.3) is 0 Å². The molecule has 0 aliphatic carbocycles. The van der Waals surface area contributed by atoms with Crippen LogP contribution < -0.4 is 0 Å². The van der Waals surface area contributed by atoms with Crippen LogP contribution in [-0.4, -0.2) is 45.5 Å². The molecule has 2 aromatic rings. The van der Waals surface area contributed by atoms with Gasteiger partial charge in [0, 0.05) is 20.0 Å². The number of likely N-dealkylation sites (tertiary alicyclic amines) is 1. The van der Waals surface area contributed by atoms with Crippen molar-refractivity contribution >= 4 is 5.91 Å². The number of benzene rings is 1. The first-order chi connectivity index (χ1) is 12.1. The Labute approximate surface area is 146 Å². The van der Waals surface area contributed by atoms with Crippen LogP contribution in [0.4, 0.5) is 4.39 Å². The van der Waals surface area contributed by atoms with Gasteiger partial charge in [0.25, 0.3) is 0 Å². The van der Waals surface area contributed by atoms with Gasteiger partial charge in [0.1, 0.15) is 5.82 Å². The number of hydrogen-bond donors (Lipinski definition) is 0. The Morgan fingerprint density at radius 3 is 2.84 bits per heavy atom. The van der Waals surface area contributed by atoms with Gasteiger partial charge in [-0.05, 0) is 37.1 Å². The number of carbonyl (C=O) groups excluding carboxylic acids is 1. The summed E-state index contributed by atoms with van der Waals surface area (Å²) in [4.78, 5) is 20.9. The quantitative estimate of drug-likeness (QED) is 0.804. The SMILES string of the molecule is CCc1noc(CN(C)C(=O)[C@H]2CCCN2Cc2ccc(F)cc2)n1. The van der Waals surface area contributed by atoms with E-state index in [2.05, 4.69) is 15.0 Å². The largest absolute Gasteiger partial charge is 0.337 e. The molecule has 1 fully saturated rings. The Bertz CT molecular complexity index is 716. The molecule has 7 heteroatoms. The van der Waals surface area contributed by atoms with Crippen molar-refractivity contribution in [3.8, 4) is 0 Å². The summed E-state index contributed by atoms with van der Waals surface area (Å²) in [5, 5.41) is 3.86. The topological polar surface area (TPSA) is 62.5 Å². The zero-order valence-electron chi connectivity index (χ0n) is 14.6. The van der Waals surface area contributed by atoms with E-state index in [1.54, 1.807) is 24.1 Å². The second-order valence-electron chi connectivity index (χ2n) is 6.41. The molecule has 1 saturated heterocycles. The third-order valence-electron chi connectivity index (χ3n) is 4.52. The van der Waals surface area contributed by atoms with E-state index in [4.69, 9.17) is 4.52 Å². The lowest BCUT2D eigenvalue weighted by molar-refractivity contribution is -0.135. The fraction of sp³-hybridized carbons (Fsp3) is 0.500. The molecule has 6 nitrogen and oxygen atoms in total. The summed E-state index contributed by atoms with van der Waals surface area (Å²) in [6.45, 7) is 3.77. The fourth-order valence-corrected chi connectivity index (χ4v) is 3.15. The molecule has 2 heterocycles. The highest BCUT2D eigenvalue weighted by molar-refractivity contribution is 5.81. The first-order valence-corrected chi connectivity index (χ1v) is 8.61. The van der Waals surface area contributed by atoms with Gasteiger partial charge >= 0.3 is 0 Å². The van der Waals surface area contributed by atoms with Gasteiger partial charge in [0.05, 0.1) is 12.6 Å². The van der Waals surface area contributed by atoms with E-state index in [9.17, 15) is 9.18 Å². The van der Waals surface area contributed by atoms with Crippen LogP contribution in [0, 0.1) is 5.82 Å². The van der Waals surface area contributed by atoms with Crippen LogP contribution in [0.2, 0.25) is 0 Å². The van der Waals surface area contributed by atoms with Crippen molar-refractivity contribution < 1.29 is 13.7 Å². The Hall–Kier alpha value is -2.28. The number of rotatable bonds is 6. The third kappa shape index (κ3) is 4.22. The summed E-state index contributed by atoms with van der Waals surface area (Å²) < 4.78 is 18.2. The molecule has 1 aliphatic heterocycles. The normalized spacial score (nSPS) is 17.8. The van der Waals surface area contributed by atoms with E-state index in [1.165, 1.54) is 12.1 Å². The molecule has 3 rings (SSSR count). The number of amides is 1. The van der Waals surface area contributed by atoms with E-state index in [0.717, 1.165) is 24.9 Å². The summed E-state index contributed by atoms with van der Waals surface area (Å²) in [5.74, 6) is 0.907. The lowest BCUT2D eigenvalue weighted by Crippen LogP contribution is -2.43. The van der Waals surface area contributed by atoms with Crippen molar-refractivity contribution in [2.75, 3.05) is 13.6 Å². The van der Waals surface area contributed by atoms with Crippen molar-refractivity contribution in [1.82, 2.24) is 19.9 Å². The van der Waals surface area contributed by atoms with Gasteiger partial charge in [-0.3, -0.25) is 9.69 Å². The van der Waals surface area contributed by atoms with Gasteiger partial charge in [-0.1, -0.05) is 24.2 Å². The maximum Gasteiger partial charge on any atom is 0.246 e. The van der Waals surface area contributed by atoms with Crippen LogP contribution in [0.5, 0.6) is 0 Å². The van der Waals surface area contributed by atoms with Gasteiger partial charge in [-0.15, -0.1) is 0 Å². The lowest BCUT2D eigenvalue weighted by atomic mass is 10.1. The summed E-state index contributed by atoms with van der Waals surface area (Å²) in [7, 11) is 1.76. The molecule has 1 amide bonds. The minimum atomic E-state index is -0.247. The Balaban J connectivity index is 1.62. The number of hydrogen-bond acceptors (Lipinski definition) is 5. The minimum absolute atomic E-state index is 0.0517. The zero-order valence-corrected chi connectivity index (χ0v) is 14.6. The number of nitrogens with zero attached hydrogens (tertiary/aromatic N) is 4. The van der Waals surface area contributed by atoms with Gasteiger partial charge in [0.2, 0.25) is 11.8 Å². The molecule has 0 saturated carbocycles. The number of aryl methyl sites for hydroxylation is 1. The molecule has 1 aromatic carbocycles. The Morgan fingerprint density at radius 1 is 1.40 bits per heavy atom. The highest BCUT2D eigenvalue weighted by Gasteiger charge is 2.33. The standard InChI is InChI=1S/C18H23FN4O2/c1-3-16-20-17(25-21-16)12-22(2)18(24)15-5-4-10-23(15)11-13-6-8-14(19)9-7-13/h6-9,15H,3-5,10-12H2,1-2H3/t15-/m1/s1. The van der Waals surface area contributed by atoms with Crippen molar-refractivity contribution in [2.24, 2.45) is 0 Å². The lowest BCUT2D eigenvalue weighted by Gasteiger charge is -2.27. The predicted molar refractivity (Wildman–Crippen MR) is 90.0 cm³/mol. The minimum Gasteiger partial charge on any atom is -0.337 e. The summed E-state index contributed by atoms with van der Waals surface area (Å²) in [6.07, 6.45) is 2.51. The molecule has 0 unspecified atom stereocenters. The van der Waals surface area contributed by atoms with E-state index in [-0.39, 0.29) is 17.8 Å². The number of carbonyl (C=O) groups is 1. The third-order valence-corrected chi connectivity index (χ3v) is 4.52. The van der Waals surface area contributed by atoms with Gasteiger partial charge < -0.3 is 9.42 Å². The molecule has 1 atom stereocenters. The van der Waals surface area contributed by atoms with Crippen molar-refractivity contribution in [3.05, 3.63) is 47.4 Å². The van der Waals surface area contributed by atoms with Crippen LogP contribution in [0.1, 0.15) is 37.0 Å². The van der Waals surface area contributed by atoms with Crippen LogP contribution >= 0.6 is 0 Å². The summed E-state index contributed by atoms with van der Waals surface area (Å²) in [5.41, 5.74) is 1.01. The van der Waals surface area contributed by atoms with Gasteiger partial charge in [-0.25, -0.2) is 4.39 Å². The van der Waals surface area contributed by atoms with Crippen molar-refractivity contribution in [1.29, 1.82) is 0 Å². The highest BCUT2D eigenvalue weighted by atomic mass is 19.1. The molecule has 1 aromatic heterocycles. The molecule has 0 radical (unpaired) electrons. The molecular formula is C18H23FN4O2. The van der Waals surface area contributed by atoms with Crippen LogP contribution in [0.15, 0.2) is 28.8 Å². The molecule has 0 bridgehead atoms. The Morgan fingerprint density at radius 2 is 2.16 bits per heavy atom. The van der Waals surface area contributed by atoms with Gasteiger partial charge in [-0.2, -0.15) is 4.98 Å². The van der Waals surface area contributed by atoms with Crippen molar-refractivity contribution in [3.63, 3.8) is 0 Å². The second kappa shape index (κ2) is 7.74. The number of likely N-dealkylation sites (N-methyl/N-ethyl adjacent to an activating group) is 1. The molecule has 0 spiro atoms. The zero-order chi connectivity index (χ0) is 17.8. The smallest absolute Gasteiger partial charge is 0.246 e. The fourth-order valence-electron chi connectivity index (χ4n) is 3.15. The van der Waals surface area contributed by atoms with Gasteiger partial charge in [0.15, 0.2) is 5.82 Å². The first kappa shape index (κ1) is 17.5. The van der Waals surface area contributed by atoms with E-state index in [1.807, 2.05) is 6.92 Å². The maximum absolute atomic E-state index is 13.1. The maximum atomic E-state index is 13.1. The summed E-state index contributed by atoms with van der Waals surface area (Å²) in [6, 6.07) is 6.28. The monoisotopic (exact) mass is 346 g/mol. The summed E-state index contributed by atoms with van der Waals surface area (Å²) >= 11 is 0. The molecule has 134 valence electrons. The molecule has 1 aliphatic rings. The average molecular weight is 346 g/mol. The van der Waals surface area contributed by atoms with E-state index >= 15 is 0 Å². The number of aromatic nitrogens is 2. The van der Waals surface area contributed by atoms with E-state index in [0.29, 0.717) is 31.2 Å². The van der Waals surface area contributed by atoms with Crippen LogP contribution in [0.3, 0.4) is 0 Å². The van der Waals surface area contributed by atoms with Crippen LogP contribution in [-0.2, 0) is 24.3 Å². The van der Waals surface area contributed by atoms with Crippen molar-refractivity contribution in [2.45, 2.75) is 45.3 Å². The molecule has 25 heavy (non-hydrogen) atoms. The number of halogens is 1.